The molecule has 1 heterocycles. The molecule has 8 heteroatoms. The number of nitrogens with zero attached hydrogens (tertiary/aromatic N) is 1. The van der Waals surface area contributed by atoms with Gasteiger partial charge in [0, 0.05) is 6.54 Å². The molecule has 1 aromatic carbocycles. The van der Waals surface area contributed by atoms with E-state index in [9.17, 15) is 19.2 Å². The van der Waals surface area contributed by atoms with Gasteiger partial charge in [0.15, 0.2) is 0 Å². The van der Waals surface area contributed by atoms with E-state index >= 15 is 0 Å². The summed E-state index contributed by atoms with van der Waals surface area (Å²) < 4.78 is 0. The van der Waals surface area contributed by atoms with Crippen molar-refractivity contribution in [2.75, 3.05) is 19.6 Å². The van der Waals surface area contributed by atoms with Crippen LogP contribution in [0.1, 0.15) is 38.7 Å². The zero-order chi connectivity index (χ0) is 19.9. The molecule has 0 bridgehead atoms. The fourth-order valence-corrected chi connectivity index (χ4v) is 3.08. The number of nitrogens with one attached hydrogen (secondary N) is 3. The van der Waals surface area contributed by atoms with Gasteiger partial charge < -0.3 is 16.0 Å². The lowest BCUT2D eigenvalue weighted by Crippen LogP contribution is -2.46. The molecule has 1 atom stereocenters. The van der Waals surface area contributed by atoms with Gasteiger partial charge in [-0.3, -0.25) is 19.3 Å². The number of hydrogen-bond acceptors (Lipinski definition) is 4. The highest BCUT2D eigenvalue weighted by Crippen LogP contribution is 2.33. The maximum atomic E-state index is 13.0. The zero-order valence-corrected chi connectivity index (χ0v) is 15.7. The molecule has 0 spiro atoms. The van der Waals surface area contributed by atoms with Crippen molar-refractivity contribution >= 4 is 23.8 Å². The minimum atomic E-state index is -1.16. The number of amides is 5. The van der Waals surface area contributed by atoms with Crippen LogP contribution in [-0.2, 0) is 19.9 Å². The molecule has 1 saturated heterocycles. The highest BCUT2D eigenvalue weighted by Gasteiger charge is 2.52. The number of urea groups is 1. The molecule has 0 unspecified atom stereocenters. The number of carbonyl (C=O) groups is 4. The molecule has 146 valence electrons. The first-order valence-corrected chi connectivity index (χ1v) is 9.17. The number of rotatable bonds is 9. The molecule has 0 saturated carbocycles. The summed E-state index contributed by atoms with van der Waals surface area (Å²) in [5.41, 5.74) is -0.474. The molecular formula is C19H26N4O4. The Morgan fingerprint density at radius 3 is 2.37 bits per heavy atom. The van der Waals surface area contributed by atoms with Crippen molar-refractivity contribution in [3.05, 3.63) is 35.9 Å². The van der Waals surface area contributed by atoms with Gasteiger partial charge >= 0.3 is 6.03 Å². The van der Waals surface area contributed by atoms with Crippen LogP contribution in [0.25, 0.3) is 0 Å². The molecular weight excluding hydrogens is 348 g/mol. The summed E-state index contributed by atoms with van der Waals surface area (Å²) >= 11 is 0. The molecule has 0 radical (unpaired) electrons. The average molecular weight is 374 g/mol. The second-order valence-corrected chi connectivity index (χ2v) is 6.47. The van der Waals surface area contributed by atoms with Crippen LogP contribution >= 0.6 is 0 Å². The van der Waals surface area contributed by atoms with E-state index in [2.05, 4.69) is 16.0 Å². The molecule has 3 N–H and O–H groups in total. The molecule has 1 aliphatic heterocycles. The highest BCUT2D eigenvalue weighted by molar-refractivity contribution is 6.09. The van der Waals surface area contributed by atoms with Gasteiger partial charge in [-0.1, -0.05) is 50.6 Å². The number of hydrogen-bond donors (Lipinski definition) is 3. The number of imide groups is 1. The maximum absolute atomic E-state index is 13.0. The van der Waals surface area contributed by atoms with Crippen molar-refractivity contribution in [1.29, 1.82) is 0 Å². The Kier molecular flexibility index (Phi) is 6.92. The fourth-order valence-electron chi connectivity index (χ4n) is 3.08. The van der Waals surface area contributed by atoms with Gasteiger partial charge in [-0.15, -0.1) is 0 Å². The minimum absolute atomic E-state index is 0.193. The van der Waals surface area contributed by atoms with E-state index in [4.69, 9.17) is 0 Å². The summed E-state index contributed by atoms with van der Waals surface area (Å²) in [4.78, 5) is 50.0. The average Bonchev–Trinajstić information content (AvgIpc) is 2.91. The molecule has 2 rings (SSSR count). The largest absolute Gasteiger partial charge is 0.355 e. The second kappa shape index (κ2) is 9.16. The third kappa shape index (κ3) is 4.64. The van der Waals surface area contributed by atoms with Gasteiger partial charge in [-0.25, -0.2) is 4.79 Å². The van der Waals surface area contributed by atoms with Crippen LogP contribution in [0, 0.1) is 0 Å². The Morgan fingerprint density at radius 1 is 1.04 bits per heavy atom. The van der Waals surface area contributed by atoms with E-state index in [1.54, 1.807) is 24.3 Å². The Hall–Kier alpha value is -2.90. The summed E-state index contributed by atoms with van der Waals surface area (Å²) in [7, 11) is 0. The van der Waals surface area contributed by atoms with Crippen LogP contribution in [0.15, 0.2) is 30.3 Å². The smallest absolute Gasteiger partial charge is 0.325 e. The van der Waals surface area contributed by atoms with Crippen LogP contribution in [-0.4, -0.2) is 48.3 Å². The summed E-state index contributed by atoms with van der Waals surface area (Å²) in [6, 6.07) is 8.40. The van der Waals surface area contributed by atoms with E-state index in [0.717, 1.165) is 11.3 Å². The van der Waals surface area contributed by atoms with Crippen LogP contribution in [0.3, 0.4) is 0 Å². The Morgan fingerprint density at radius 2 is 1.74 bits per heavy atom. The summed E-state index contributed by atoms with van der Waals surface area (Å²) in [6.45, 7) is 3.75. The lowest BCUT2D eigenvalue weighted by molar-refractivity contribution is -0.135. The van der Waals surface area contributed by atoms with Gasteiger partial charge in [0.25, 0.3) is 5.91 Å². The van der Waals surface area contributed by atoms with Crippen LogP contribution in [0.2, 0.25) is 0 Å². The normalized spacial score (nSPS) is 19.0. The van der Waals surface area contributed by atoms with Crippen molar-refractivity contribution < 1.29 is 19.2 Å². The van der Waals surface area contributed by atoms with Crippen molar-refractivity contribution in [2.45, 2.75) is 38.6 Å². The monoisotopic (exact) mass is 374 g/mol. The Balaban J connectivity index is 2.06. The van der Waals surface area contributed by atoms with Gasteiger partial charge in [0.2, 0.25) is 11.8 Å². The highest BCUT2D eigenvalue weighted by atomic mass is 16.2. The third-order valence-electron chi connectivity index (χ3n) is 4.39. The fraction of sp³-hybridized carbons (Fsp3) is 0.474. The molecule has 5 amide bonds. The second-order valence-electron chi connectivity index (χ2n) is 6.47. The van der Waals surface area contributed by atoms with Crippen molar-refractivity contribution in [3.63, 3.8) is 0 Å². The van der Waals surface area contributed by atoms with E-state index in [-0.39, 0.29) is 12.5 Å². The molecule has 1 aliphatic rings. The first-order valence-electron chi connectivity index (χ1n) is 9.17. The lowest BCUT2D eigenvalue weighted by atomic mass is 9.85. The van der Waals surface area contributed by atoms with Gasteiger partial charge in [-0.2, -0.15) is 0 Å². The van der Waals surface area contributed by atoms with Gasteiger partial charge in [0.1, 0.15) is 12.1 Å². The molecule has 8 nitrogen and oxygen atoms in total. The van der Waals surface area contributed by atoms with E-state index in [1.165, 1.54) is 0 Å². The number of benzene rings is 1. The molecule has 27 heavy (non-hydrogen) atoms. The first kappa shape index (κ1) is 20.4. The van der Waals surface area contributed by atoms with Gasteiger partial charge in [0.05, 0.1) is 6.54 Å². The van der Waals surface area contributed by atoms with Crippen molar-refractivity contribution in [3.8, 4) is 0 Å². The molecule has 1 fully saturated rings. The van der Waals surface area contributed by atoms with Crippen molar-refractivity contribution in [1.82, 2.24) is 20.9 Å². The lowest BCUT2D eigenvalue weighted by Gasteiger charge is -2.26. The van der Waals surface area contributed by atoms with E-state index < -0.39 is 29.9 Å². The first-order chi connectivity index (χ1) is 12.9. The Bertz CT molecular complexity index is 707. The summed E-state index contributed by atoms with van der Waals surface area (Å²) in [6.07, 6.45) is 1.90. The summed E-state index contributed by atoms with van der Waals surface area (Å²) in [5, 5.41) is 7.83. The topological polar surface area (TPSA) is 108 Å². The number of carbonyl (C=O) groups excluding carboxylic acids is 4. The van der Waals surface area contributed by atoms with E-state index in [0.29, 0.717) is 24.9 Å². The quantitative estimate of drug-likeness (QED) is 0.558. The predicted molar refractivity (Wildman–Crippen MR) is 99.6 cm³/mol. The summed E-state index contributed by atoms with van der Waals surface area (Å²) in [5.74, 6) is -1.33. The maximum Gasteiger partial charge on any atom is 0.325 e. The third-order valence-corrected chi connectivity index (χ3v) is 4.39. The van der Waals surface area contributed by atoms with Crippen molar-refractivity contribution in [2.24, 2.45) is 0 Å². The van der Waals surface area contributed by atoms with Crippen LogP contribution < -0.4 is 16.0 Å². The molecule has 1 aromatic rings. The van der Waals surface area contributed by atoms with Crippen LogP contribution in [0.5, 0.6) is 0 Å². The minimum Gasteiger partial charge on any atom is -0.355 e. The van der Waals surface area contributed by atoms with Crippen LogP contribution in [0.4, 0.5) is 4.79 Å². The zero-order valence-electron chi connectivity index (χ0n) is 15.7. The van der Waals surface area contributed by atoms with Gasteiger partial charge in [-0.05, 0) is 18.4 Å². The SMILES string of the molecule is CCCNC(=O)CNC(=O)CN1C(=O)N[C@@](CCC)(c2ccccc2)C1=O. The van der Waals surface area contributed by atoms with E-state index in [1.807, 2.05) is 19.9 Å². The predicted octanol–water partition coefficient (Wildman–Crippen LogP) is 0.876. The standard InChI is InChI=1S/C19H26N4O4/c1-3-10-19(14-8-6-5-7-9-14)17(26)23(18(27)22-19)13-16(25)21-12-15(24)20-11-4-2/h5-9H,3-4,10-13H2,1-2H3,(H,20,24)(H,21,25)(H,22,27)/t19-/m0/s1. The molecule has 0 aliphatic carbocycles. The molecule has 0 aromatic heterocycles. The Labute approximate surface area is 158 Å².